The molecule has 1 N–H and O–H groups in total. The predicted molar refractivity (Wildman–Crippen MR) is 107 cm³/mol. The van der Waals surface area contributed by atoms with E-state index in [-0.39, 0.29) is 11.9 Å². The number of nitrogens with zero attached hydrogens (tertiary/aromatic N) is 5. The van der Waals surface area contributed by atoms with Crippen molar-refractivity contribution < 1.29 is 4.79 Å². The van der Waals surface area contributed by atoms with E-state index < -0.39 is 0 Å². The molecule has 0 atom stereocenters. The topological polar surface area (TPSA) is 75.9 Å². The number of benzene rings is 1. The third kappa shape index (κ3) is 4.16. The van der Waals surface area contributed by atoms with Crippen LogP contribution < -0.4 is 10.2 Å². The number of halogens is 1. The van der Waals surface area contributed by atoms with Crippen LogP contribution in [0.5, 0.6) is 0 Å². The lowest BCUT2D eigenvalue weighted by Crippen LogP contribution is -2.24. The van der Waals surface area contributed by atoms with E-state index in [1.165, 1.54) is 0 Å². The minimum absolute atomic E-state index is 0.245. The lowest BCUT2D eigenvalue weighted by atomic mass is 10.2. The summed E-state index contributed by atoms with van der Waals surface area (Å²) in [4.78, 5) is 23.5. The number of amides is 1. The molecular formula is C19H19BrN6O. The summed E-state index contributed by atoms with van der Waals surface area (Å²) < 4.78 is 2.71. The van der Waals surface area contributed by atoms with Crippen LogP contribution in [0.15, 0.2) is 53.4 Å². The smallest absolute Gasteiger partial charge is 0.261 e. The van der Waals surface area contributed by atoms with Gasteiger partial charge in [0.05, 0.1) is 12.1 Å². The first kappa shape index (κ1) is 17.7. The molecule has 3 heterocycles. The predicted octanol–water partition coefficient (Wildman–Crippen LogP) is 3.34. The number of hydrogen-bond acceptors (Lipinski definition) is 5. The first-order valence-corrected chi connectivity index (χ1v) is 9.63. The Morgan fingerprint density at radius 2 is 2.00 bits per heavy atom. The third-order valence-electron chi connectivity index (χ3n) is 4.43. The van der Waals surface area contributed by atoms with Crippen molar-refractivity contribution in [1.29, 1.82) is 0 Å². The molecule has 138 valence electrons. The lowest BCUT2D eigenvalue weighted by molar-refractivity contribution is 0.102. The monoisotopic (exact) mass is 426 g/mol. The second-order valence-electron chi connectivity index (χ2n) is 6.42. The van der Waals surface area contributed by atoms with Crippen LogP contribution in [0, 0.1) is 0 Å². The van der Waals surface area contributed by atoms with Gasteiger partial charge in [0.1, 0.15) is 12.1 Å². The summed E-state index contributed by atoms with van der Waals surface area (Å²) in [6, 6.07) is 11.5. The summed E-state index contributed by atoms with van der Waals surface area (Å²) >= 11 is 3.46. The number of carbonyl (C=O) groups is 1. The van der Waals surface area contributed by atoms with Crippen LogP contribution in [0.2, 0.25) is 0 Å². The molecule has 4 rings (SSSR count). The number of anilines is 2. The third-order valence-corrected chi connectivity index (χ3v) is 4.93. The minimum atomic E-state index is -0.245. The van der Waals surface area contributed by atoms with Crippen molar-refractivity contribution in [3.05, 3.63) is 64.5 Å². The van der Waals surface area contributed by atoms with Crippen LogP contribution in [-0.2, 0) is 6.54 Å². The molecule has 1 aromatic carbocycles. The van der Waals surface area contributed by atoms with Gasteiger partial charge < -0.3 is 4.90 Å². The molecule has 1 amide bonds. The Balaban J connectivity index is 1.47. The summed E-state index contributed by atoms with van der Waals surface area (Å²) in [5, 5.41) is 7.13. The largest absolute Gasteiger partial charge is 0.356 e. The summed E-state index contributed by atoms with van der Waals surface area (Å²) in [5.74, 6) is 0.762. The highest BCUT2D eigenvalue weighted by molar-refractivity contribution is 9.10. The fourth-order valence-electron chi connectivity index (χ4n) is 3.17. The molecule has 0 aliphatic carbocycles. The van der Waals surface area contributed by atoms with E-state index >= 15 is 0 Å². The zero-order chi connectivity index (χ0) is 18.6. The number of rotatable bonds is 5. The summed E-state index contributed by atoms with van der Waals surface area (Å²) in [6.07, 6.45) is 5.58. The Bertz CT molecular complexity index is 951. The molecule has 1 fully saturated rings. The molecule has 1 aliphatic rings. The Kier molecular flexibility index (Phi) is 5.15. The number of pyridine rings is 1. The number of hydrogen-bond donors (Lipinski definition) is 1. The van der Waals surface area contributed by atoms with Crippen molar-refractivity contribution in [1.82, 2.24) is 19.7 Å². The van der Waals surface area contributed by atoms with Crippen molar-refractivity contribution >= 4 is 33.6 Å². The SMILES string of the molecule is O=C(Nc1ncn(Cc2cccc(Br)c2)n1)c1cccnc1N1CCCC1. The Morgan fingerprint density at radius 1 is 1.15 bits per heavy atom. The number of nitrogens with one attached hydrogen (secondary N) is 1. The maximum Gasteiger partial charge on any atom is 0.261 e. The van der Waals surface area contributed by atoms with Gasteiger partial charge in [0.2, 0.25) is 5.95 Å². The molecule has 7 nitrogen and oxygen atoms in total. The molecule has 2 aromatic heterocycles. The van der Waals surface area contributed by atoms with Gasteiger partial charge in [-0.05, 0) is 42.7 Å². The molecule has 1 aliphatic heterocycles. The molecule has 8 heteroatoms. The Labute approximate surface area is 165 Å². The van der Waals surface area contributed by atoms with Crippen molar-refractivity contribution in [2.45, 2.75) is 19.4 Å². The van der Waals surface area contributed by atoms with E-state index in [1.807, 2.05) is 24.3 Å². The normalized spacial score (nSPS) is 13.7. The molecule has 27 heavy (non-hydrogen) atoms. The summed E-state index contributed by atoms with van der Waals surface area (Å²) in [6.45, 7) is 2.43. The Morgan fingerprint density at radius 3 is 2.81 bits per heavy atom. The zero-order valence-electron chi connectivity index (χ0n) is 14.7. The highest BCUT2D eigenvalue weighted by atomic mass is 79.9. The van der Waals surface area contributed by atoms with Crippen LogP contribution in [0.3, 0.4) is 0 Å². The lowest BCUT2D eigenvalue weighted by Gasteiger charge is -2.18. The highest BCUT2D eigenvalue weighted by Crippen LogP contribution is 2.22. The summed E-state index contributed by atoms with van der Waals surface area (Å²) in [7, 11) is 0. The Hall–Kier alpha value is -2.74. The highest BCUT2D eigenvalue weighted by Gasteiger charge is 2.21. The second-order valence-corrected chi connectivity index (χ2v) is 7.33. The zero-order valence-corrected chi connectivity index (χ0v) is 16.3. The van der Waals surface area contributed by atoms with Crippen LogP contribution in [0.25, 0.3) is 0 Å². The van der Waals surface area contributed by atoms with Crippen LogP contribution in [-0.4, -0.2) is 38.7 Å². The van der Waals surface area contributed by atoms with Crippen LogP contribution in [0.4, 0.5) is 11.8 Å². The van der Waals surface area contributed by atoms with Gasteiger partial charge in [-0.3, -0.25) is 10.1 Å². The molecular weight excluding hydrogens is 408 g/mol. The van der Waals surface area contributed by atoms with Crippen molar-refractivity contribution in [3.63, 3.8) is 0 Å². The van der Waals surface area contributed by atoms with Gasteiger partial charge in [-0.25, -0.2) is 14.6 Å². The molecule has 3 aromatic rings. The van der Waals surface area contributed by atoms with Gasteiger partial charge in [0.25, 0.3) is 5.91 Å². The molecule has 0 bridgehead atoms. The number of aromatic nitrogens is 4. The average Bonchev–Trinajstić information content (AvgIpc) is 3.34. The molecule has 0 saturated carbocycles. The molecule has 0 unspecified atom stereocenters. The number of carbonyl (C=O) groups excluding carboxylic acids is 1. The van der Waals surface area contributed by atoms with Gasteiger partial charge in [-0.2, -0.15) is 0 Å². The van der Waals surface area contributed by atoms with E-state index in [1.54, 1.807) is 29.3 Å². The molecule has 1 saturated heterocycles. The van der Waals surface area contributed by atoms with Crippen LogP contribution in [0.1, 0.15) is 28.8 Å². The van der Waals surface area contributed by atoms with Gasteiger partial charge in [-0.15, -0.1) is 5.10 Å². The fraction of sp³-hybridized carbons (Fsp3) is 0.263. The summed E-state index contributed by atoms with van der Waals surface area (Å²) in [5.41, 5.74) is 1.64. The molecule has 0 radical (unpaired) electrons. The van der Waals surface area contributed by atoms with Crippen molar-refractivity contribution in [3.8, 4) is 0 Å². The van der Waals surface area contributed by atoms with E-state index in [0.29, 0.717) is 12.1 Å². The first-order valence-electron chi connectivity index (χ1n) is 8.84. The van der Waals surface area contributed by atoms with E-state index in [4.69, 9.17) is 0 Å². The standard InChI is InChI=1S/C19H19BrN6O/c20-15-6-3-5-14(11-15)12-26-13-22-19(24-26)23-18(27)16-7-4-8-21-17(16)25-9-1-2-10-25/h3-8,11,13H,1-2,9-10,12H2,(H,23,24,27). The van der Waals surface area contributed by atoms with Gasteiger partial charge in [0, 0.05) is 23.8 Å². The quantitative estimate of drug-likeness (QED) is 0.676. The molecule has 0 spiro atoms. The fourth-order valence-corrected chi connectivity index (χ4v) is 3.62. The van der Waals surface area contributed by atoms with Gasteiger partial charge in [-0.1, -0.05) is 28.1 Å². The second kappa shape index (κ2) is 7.87. The van der Waals surface area contributed by atoms with Gasteiger partial charge >= 0.3 is 0 Å². The first-order chi connectivity index (χ1) is 13.2. The van der Waals surface area contributed by atoms with Crippen molar-refractivity contribution in [2.24, 2.45) is 0 Å². The van der Waals surface area contributed by atoms with E-state index in [0.717, 1.165) is 41.8 Å². The van der Waals surface area contributed by atoms with E-state index in [2.05, 4.69) is 41.2 Å². The minimum Gasteiger partial charge on any atom is -0.356 e. The van der Waals surface area contributed by atoms with Crippen molar-refractivity contribution in [2.75, 3.05) is 23.3 Å². The van der Waals surface area contributed by atoms with Crippen LogP contribution >= 0.6 is 15.9 Å². The maximum absolute atomic E-state index is 12.7. The average molecular weight is 427 g/mol. The maximum atomic E-state index is 12.7. The van der Waals surface area contributed by atoms with E-state index in [9.17, 15) is 4.79 Å². The van der Waals surface area contributed by atoms with Gasteiger partial charge in [0.15, 0.2) is 0 Å².